The summed E-state index contributed by atoms with van der Waals surface area (Å²) >= 11 is 0. The van der Waals surface area contributed by atoms with Gasteiger partial charge >= 0.3 is 0 Å². The lowest BCUT2D eigenvalue weighted by Gasteiger charge is -2.10. The molecule has 0 fully saturated rings. The Labute approximate surface area is 164 Å². The van der Waals surface area contributed by atoms with Gasteiger partial charge in [0, 0.05) is 17.4 Å². The van der Waals surface area contributed by atoms with Crippen molar-refractivity contribution in [3.8, 4) is 5.75 Å². The Bertz CT molecular complexity index is 1110. The average molecular weight is 370 g/mol. The number of aromatic amines is 1. The summed E-state index contributed by atoms with van der Waals surface area (Å²) in [6.45, 7) is 4.48. The molecule has 1 heterocycles. The van der Waals surface area contributed by atoms with E-state index in [0.717, 1.165) is 33.3 Å². The number of aromatic nitrogens is 1. The summed E-state index contributed by atoms with van der Waals surface area (Å²) < 4.78 is 6.04. The molecule has 4 nitrogen and oxygen atoms in total. The van der Waals surface area contributed by atoms with Crippen molar-refractivity contribution in [1.82, 2.24) is 4.98 Å². The number of aryl methyl sites for hydroxylation is 2. The van der Waals surface area contributed by atoms with E-state index in [1.54, 1.807) is 6.20 Å². The highest BCUT2D eigenvalue weighted by molar-refractivity contribution is 6.14. The summed E-state index contributed by atoms with van der Waals surface area (Å²) in [4.78, 5) is 16.1. The highest BCUT2D eigenvalue weighted by Crippen LogP contribution is 2.30. The molecule has 140 valence electrons. The SMILES string of the molecule is Cc1cc(C)cc(NC(=O)c2c[nH]c3cccc(OCc4ccccc4)c23)c1. The average Bonchev–Trinajstić information content (AvgIpc) is 3.11. The van der Waals surface area contributed by atoms with Crippen LogP contribution in [0, 0.1) is 13.8 Å². The van der Waals surface area contributed by atoms with E-state index in [-0.39, 0.29) is 5.91 Å². The lowest BCUT2D eigenvalue weighted by Crippen LogP contribution is -2.12. The van der Waals surface area contributed by atoms with E-state index in [4.69, 9.17) is 4.74 Å². The molecule has 0 atom stereocenters. The molecule has 0 aliphatic rings. The lowest BCUT2D eigenvalue weighted by molar-refractivity contribution is 0.102. The van der Waals surface area contributed by atoms with E-state index < -0.39 is 0 Å². The van der Waals surface area contributed by atoms with Crippen molar-refractivity contribution in [3.63, 3.8) is 0 Å². The highest BCUT2D eigenvalue weighted by Gasteiger charge is 2.16. The molecule has 0 radical (unpaired) electrons. The van der Waals surface area contributed by atoms with Crippen LogP contribution in [-0.4, -0.2) is 10.9 Å². The lowest BCUT2D eigenvalue weighted by atomic mass is 10.1. The number of anilines is 1. The van der Waals surface area contributed by atoms with Crippen molar-refractivity contribution in [2.24, 2.45) is 0 Å². The number of amides is 1. The van der Waals surface area contributed by atoms with Crippen molar-refractivity contribution in [2.45, 2.75) is 20.5 Å². The molecule has 2 N–H and O–H groups in total. The molecule has 4 rings (SSSR count). The number of benzene rings is 3. The number of hydrogen-bond acceptors (Lipinski definition) is 2. The van der Waals surface area contributed by atoms with E-state index in [1.807, 2.05) is 74.5 Å². The molecule has 0 unspecified atom stereocenters. The van der Waals surface area contributed by atoms with E-state index in [9.17, 15) is 4.79 Å². The van der Waals surface area contributed by atoms with Crippen LogP contribution in [-0.2, 0) is 6.61 Å². The van der Waals surface area contributed by atoms with E-state index in [2.05, 4.69) is 16.4 Å². The van der Waals surface area contributed by atoms with Gasteiger partial charge in [-0.15, -0.1) is 0 Å². The molecule has 1 aromatic heterocycles. The molecule has 0 aliphatic carbocycles. The van der Waals surface area contributed by atoms with Gasteiger partial charge in [-0.3, -0.25) is 4.79 Å². The van der Waals surface area contributed by atoms with E-state index in [0.29, 0.717) is 17.9 Å². The quantitative estimate of drug-likeness (QED) is 0.479. The summed E-state index contributed by atoms with van der Waals surface area (Å²) in [5.41, 5.74) is 5.53. The highest BCUT2D eigenvalue weighted by atomic mass is 16.5. The van der Waals surface area contributed by atoms with Gasteiger partial charge in [-0.05, 0) is 54.8 Å². The Morgan fingerprint density at radius 3 is 2.46 bits per heavy atom. The molecule has 0 saturated heterocycles. The topological polar surface area (TPSA) is 54.1 Å². The summed E-state index contributed by atoms with van der Waals surface area (Å²) in [7, 11) is 0. The summed E-state index contributed by atoms with van der Waals surface area (Å²) in [5.74, 6) is 0.528. The summed E-state index contributed by atoms with van der Waals surface area (Å²) in [6.07, 6.45) is 1.73. The first-order chi connectivity index (χ1) is 13.6. The van der Waals surface area contributed by atoms with Gasteiger partial charge in [0.2, 0.25) is 0 Å². The van der Waals surface area contributed by atoms with Gasteiger partial charge in [-0.25, -0.2) is 0 Å². The first kappa shape index (κ1) is 17.9. The Hall–Kier alpha value is -3.53. The standard InChI is InChI=1S/C24H22N2O2/c1-16-11-17(2)13-19(12-16)26-24(27)20-14-25-21-9-6-10-22(23(20)21)28-15-18-7-4-3-5-8-18/h3-14,25H,15H2,1-2H3,(H,26,27). The molecular formula is C24H22N2O2. The van der Waals surface area contributed by atoms with Crippen LogP contribution >= 0.6 is 0 Å². The van der Waals surface area contributed by atoms with Gasteiger partial charge in [0.05, 0.1) is 10.9 Å². The van der Waals surface area contributed by atoms with Crippen LogP contribution in [0.1, 0.15) is 27.0 Å². The second kappa shape index (κ2) is 7.61. The smallest absolute Gasteiger partial charge is 0.257 e. The number of ether oxygens (including phenoxy) is 1. The fourth-order valence-electron chi connectivity index (χ4n) is 3.43. The van der Waals surface area contributed by atoms with Crippen LogP contribution in [0.3, 0.4) is 0 Å². The van der Waals surface area contributed by atoms with Crippen molar-refractivity contribution in [2.75, 3.05) is 5.32 Å². The van der Waals surface area contributed by atoms with Gasteiger partial charge in [-0.2, -0.15) is 0 Å². The maximum absolute atomic E-state index is 13.0. The number of carbonyl (C=O) groups excluding carboxylic acids is 1. The Morgan fingerprint density at radius 2 is 1.71 bits per heavy atom. The fraction of sp³-hybridized carbons (Fsp3) is 0.125. The van der Waals surface area contributed by atoms with Crippen LogP contribution in [0.25, 0.3) is 10.9 Å². The number of rotatable bonds is 5. The Morgan fingerprint density at radius 1 is 0.964 bits per heavy atom. The van der Waals surface area contributed by atoms with Crippen LogP contribution in [0.15, 0.2) is 72.9 Å². The first-order valence-electron chi connectivity index (χ1n) is 9.26. The van der Waals surface area contributed by atoms with Crippen LogP contribution in [0.5, 0.6) is 5.75 Å². The monoisotopic (exact) mass is 370 g/mol. The second-order valence-electron chi connectivity index (χ2n) is 6.99. The third-order valence-corrected chi connectivity index (χ3v) is 4.63. The number of nitrogens with one attached hydrogen (secondary N) is 2. The second-order valence-corrected chi connectivity index (χ2v) is 6.99. The Kier molecular flexibility index (Phi) is 4.85. The van der Waals surface area contributed by atoms with Crippen LogP contribution in [0.4, 0.5) is 5.69 Å². The first-order valence-corrected chi connectivity index (χ1v) is 9.26. The largest absolute Gasteiger partial charge is 0.488 e. The van der Waals surface area contributed by atoms with Gasteiger partial charge < -0.3 is 15.0 Å². The molecule has 3 aromatic carbocycles. The molecule has 1 amide bonds. The van der Waals surface area contributed by atoms with Crippen molar-refractivity contribution >= 4 is 22.5 Å². The minimum Gasteiger partial charge on any atom is -0.488 e. The predicted molar refractivity (Wildman–Crippen MR) is 113 cm³/mol. The zero-order valence-electron chi connectivity index (χ0n) is 16.0. The molecule has 0 spiro atoms. The maximum atomic E-state index is 13.0. The minimum absolute atomic E-state index is 0.160. The molecule has 4 heteroatoms. The predicted octanol–water partition coefficient (Wildman–Crippen LogP) is 5.62. The number of hydrogen-bond donors (Lipinski definition) is 2. The molecule has 0 saturated carbocycles. The zero-order chi connectivity index (χ0) is 19.5. The number of carbonyl (C=O) groups is 1. The summed E-state index contributed by atoms with van der Waals surface area (Å²) in [6, 6.07) is 21.8. The third-order valence-electron chi connectivity index (χ3n) is 4.63. The van der Waals surface area contributed by atoms with Gasteiger partial charge in [0.15, 0.2) is 0 Å². The van der Waals surface area contributed by atoms with Crippen LogP contribution < -0.4 is 10.1 Å². The number of H-pyrrole nitrogens is 1. The molecule has 0 bridgehead atoms. The van der Waals surface area contributed by atoms with Crippen molar-refractivity contribution < 1.29 is 9.53 Å². The van der Waals surface area contributed by atoms with Gasteiger partial charge in [0.1, 0.15) is 12.4 Å². The minimum atomic E-state index is -0.160. The zero-order valence-corrected chi connectivity index (χ0v) is 16.0. The maximum Gasteiger partial charge on any atom is 0.257 e. The van der Waals surface area contributed by atoms with E-state index in [1.165, 1.54) is 0 Å². The van der Waals surface area contributed by atoms with Crippen molar-refractivity contribution in [1.29, 1.82) is 0 Å². The fourth-order valence-corrected chi connectivity index (χ4v) is 3.43. The molecular weight excluding hydrogens is 348 g/mol. The van der Waals surface area contributed by atoms with Crippen molar-refractivity contribution in [3.05, 3.63) is 95.2 Å². The van der Waals surface area contributed by atoms with Gasteiger partial charge in [0.25, 0.3) is 5.91 Å². The van der Waals surface area contributed by atoms with Crippen LogP contribution in [0.2, 0.25) is 0 Å². The third kappa shape index (κ3) is 3.76. The molecule has 4 aromatic rings. The summed E-state index contributed by atoms with van der Waals surface area (Å²) in [5, 5.41) is 3.80. The molecule has 28 heavy (non-hydrogen) atoms. The van der Waals surface area contributed by atoms with Gasteiger partial charge in [-0.1, -0.05) is 42.5 Å². The molecule has 0 aliphatic heterocycles. The number of fused-ring (bicyclic) bond motifs is 1. The Balaban J connectivity index is 1.63. The normalized spacial score (nSPS) is 10.8. The van der Waals surface area contributed by atoms with E-state index >= 15 is 0 Å².